The van der Waals surface area contributed by atoms with Crippen molar-refractivity contribution in [2.45, 2.75) is 64.6 Å². The van der Waals surface area contributed by atoms with Gasteiger partial charge in [-0.2, -0.15) is 0 Å². The zero-order valence-corrected chi connectivity index (χ0v) is 10.3. The van der Waals surface area contributed by atoms with E-state index in [4.69, 9.17) is 0 Å². The standard InChI is InChI=1S/C12H22N4/c1-10(2)16-9-14-15-12(16)8-13-11-6-4-3-5-7-11/h9-11,13H,3-8H2,1-2H3. The van der Waals surface area contributed by atoms with E-state index < -0.39 is 0 Å². The van der Waals surface area contributed by atoms with Gasteiger partial charge in [0.15, 0.2) is 0 Å². The quantitative estimate of drug-likeness (QED) is 0.850. The van der Waals surface area contributed by atoms with Gasteiger partial charge in [0.1, 0.15) is 12.2 Å². The lowest BCUT2D eigenvalue weighted by Crippen LogP contribution is -2.31. The molecule has 0 spiro atoms. The number of rotatable bonds is 4. The minimum absolute atomic E-state index is 0.443. The zero-order valence-electron chi connectivity index (χ0n) is 10.3. The van der Waals surface area contributed by atoms with E-state index in [9.17, 15) is 0 Å². The van der Waals surface area contributed by atoms with Gasteiger partial charge in [-0.1, -0.05) is 19.3 Å². The second-order valence-electron chi connectivity index (χ2n) is 4.96. The van der Waals surface area contributed by atoms with Crippen LogP contribution in [-0.4, -0.2) is 20.8 Å². The van der Waals surface area contributed by atoms with E-state index >= 15 is 0 Å². The Kier molecular flexibility index (Phi) is 3.93. The molecule has 0 aromatic carbocycles. The summed E-state index contributed by atoms with van der Waals surface area (Å²) in [6.07, 6.45) is 8.59. The largest absolute Gasteiger partial charge is 0.314 e. The summed E-state index contributed by atoms with van der Waals surface area (Å²) in [6.45, 7) is 5.17. The molecule has 1 fully saturated rings. The molecule has 1 saturated carbocycles. The molecule has 1 aromatic rings. The van der Waals surface area contributed by atoms with Crippen LogP contribution in [0.1, 0.15) is 57.8 Å². The van der Waals surface area contributed by atoms with E-state index in [0.29, 0.717) is 12.1 Å². The maximum Gasteiger partial charge on any atom is 0.147 e. The summed E-state index contributed by atoms with van der Waals surface area (Å²) in [4.78, 5) is 0. The maximum absolute atomic E-state index is 4.17. The first-order valence-electron chi connectivity index (χ1n) is 6.39. The molecule has 1 N–H and O–H groups in total. The third-order valence-electron chi connectivity index (χ3n) is 3.36. The van der Waals surface area contributed by atoms with Crippen LogP contribution in [0.3, 0.4) is 0 Å². The second kappa shape index (κ2) is 5.43. The predicted molar refractivity (Wildman–Crippen MR) is 64.1 cm³/mol. The zero-order chi connectivity index (χ0) is 11.4. The van der Waals surface area contributed by atoms with Crippen molar-refractivity contribution in [1.29, 1.82) is 0 Å². The first-order valence-corrected chi connectivity index (χ1v) is 6.39. The minimum atomic E-state index is 0.443. The van der Waals surface area contributed by atoms with Gasteiger partial charge in [0.05, 0.1) is 6.54 Å². The fourth-order valence-electron chi connectivity index (χ4n) is 2.37. The van der Waals surface area contributed by atoms with E-state index in [-0.39, 0.29) is 0 Å². The Morgan fingerprint density at radius 1 is 1.38 bits per heavy atom. The molecule has 4 heteroatoms. The summed E-state index contributed by atoms with van der Waals surface area (Å²) in [5.41, 5.74) is 0. The Morgan fingerprint density at radius 3 is 2.81 bits per heavy atom. The maximum atomic E-state index is 4.17. The number of aromatic nitrogens is 3. The predicted octanol–water partition coefficient (Wildman–Crippen LogP) is 2.28. The Morgan fingerprint density at radius 2 is 2.12 bits per heavy atom. The number of nitrogens with one attached hydrogen (secondary N) is 1. The minimum Gasteiger partial charge on any atom is -0.314 e. The van der Waals surface area contributed by atoms with Crippen LogP contribution in [0.2, 0.25) is 0 Å². The highest BCUT2D eigenvalue weighted by Gasteiger charge is 2.14. The van der Waals surface area contributed by atoms with Crippen molar-refractivity contribution >= 4 is 0 Å². The Balaban J connectivity index is 1.86. The van der Waals surface area contributed by atoms with Gasteiger partial charge in [-0.05, 0) is 26.7 Å². The van der Waals surface area contributed by atoms with Crippen LogP contribution in [0.15, 0.2) is 6.33 Å². The lowest BCUT2D eigenvalue weighted by molar-refractivity contribution is 0.365. The van der Waals surface area contributed by atoms with Gasteiger partial charge in [0, 0.05) is 12.1 Å². The van der Waals surface area contributed by atoms with Gasteiger partial charge in [-0.25, -0.2) is 0 Å². The summed E-state index contributed by atoms with van der Waals surface area (Å²) in [5, 5.41) is 11.7. The summed E-state index contributed by atoms with van der Waals surface area (Å²) in [5.74, 6) is 1.06. The first kappa shape index (κ1) is 11.6. The van der Waals surface area contributed by atoms with Crippen molar-refractivity contribution in [3.8, 4) is 0 Å². The van der Waals surface area contributed by atoms with Gasteiger partial charge >= 0.3 is 0 Å². The molecule has 16 heavy (non-hydrogen) atoms. The lowest BCUT2D eigenvalue weighted by Gasteiger charge is -2.22. The Hall–Kier alpha value is -0.900. The van der Waals surface area contributed by atoms with Gasteiger partial charge < -0.3 is 9.88 Å². The average Bonchev–Trinajstić information content (AvgIpc) is 2.76. The lowest BCUT2D eigenvalue weighted by atomic mass is 9.95. The molecular formula is C12H22N4. The highest BCUT2D eigenvalue weighted by Crippen LogP contribution is 2.17. The Bertz CT molecular complexity index is 313. The van der Waals surface area contributed by atoms with Crippen LogP contribution >= 0.6 is 0 Å². The molecular weight excluding hydrogens is 200 g/mol. The van der Waals surface area contributed by atoms with E-state index in [1.165, 1.54) is 32.1 Å². The first-order chi connectivity index (χ1) is 7.77. The SMILES string of the molecule is CC(C)n1cnnc1CNC1CCCCC1. The molecule has 0 amide bonds. The van der Waals surface area contributed by atoms with E-state index in [0.717, 1.165) is 12.4 Å². The highest BCUT2D eigenvalue weighted by atomic mass is 15.3. The molecule has 1 aromatic heterocycles. The molecule has 4 nitrogen and oxygen atoms in total. The third kappa shape index (κ3) is 2.82. The van der Waals surface area contributed by atoms with Gasteiger partial charge in [-0.15, -0.1) is 10.2 Å². The van der Waals surface area contributed by atoms with Crippen molar-refractivity contribution in [2.24, 2.45) is 0 Å². The molecule has 1 aliphatic carbocycles. The molecule has 1 heterocycles. The second-order valence-corrected chi connectivity index (χ2v) is 4.96. The van der Waals surface area contributed by atoms with Crippen LogP contribution in [0.5, 0.6) is 0 Å². The molecule has 0 unspecified atom stereocenters. The number of hydrogen-bond donors (Lipinski definition) is 1. The smallest absolute Gasteiger partial charge is 0.147 e. The van der Waals surface area contributed by atoms with E-state index in [1.807, 2.05) is 6.33 Å². The molecule has 0 saturated heterocycles. The molecule has 1 aliphatic rings. The molecule has 0 atom stereocenters. The highest BCUT2D eigenvalue weighted by molar-refractivity contribution is 4.88. The summed E-state index contributed by atoms with van der Waals surface area (Å²) < 4.78 is 2.13. The van der Waals surface area contributed by atoms with Gasteiger partial charge in [-0.3, -0.25) is 0 Å². The van der Waals surface area contributed by atoms with Crippen molar-refractivity contribution < 1.29 is 0 Å². The summed E-state index contributed by atoms with van der Waals surface area (Å²) in [7, 11) is 0. The van der Waals surface area contributed by atoms with Crippen molar-refractivity contribution in [2.75, 3.05) is 0 Å². The van der Waals surface area contributed by atoms with Crippen LogP contribution in [0.4, 0.5) is 0 Å². The normalized spacial score (nSPS) is 18.2. The summed E-state index contributed by atoms with van der Waals surface area (Å²) >= 11 is 0. The van der Waals surface area contributed by atoms with Crippen LogP contribution in [-0.2, 0) is 6.54 Å². The third-order valence-corrected chi connectivity index (χ3v) is 3.36. The van der Waals surface area contributed by atoms with Crippen molar-refractivity contribution in [1.82, 2.24) is 20.1 Å². The van der Waals surface area contributed by atoms with E-state index in [1.54, 1.807) is 0 Å². The average molecular weight is 222 g/mol. The van der Waals surface area contributed by atoms with Gasteiger partial charge in [0.25, 0.3) is 0 Å². The van der Waals surface area contributed by atoms with Crippen molar-refractivity contribution in [3.63, 3.8) is 0 Å². The molecule has 2 rings (SSSR count). The fraction of sp³-hybridized carbons (Fsp3) is 0.833. The molecule has 0 radical (unpaired) electrons. The number of hydrogen-bond acceptors (Lipinski definition) is 3. The monoisotopic (exact) mass is 222 g/mol. The topological polar surface area (TPSA) is 42.7 Å². The number of nitrogens with zero attached hydrogens (tertiary/aromatic N) is 3. The van der Waals surface area contributed by atoms with Crippen LogP contribution in [0, 0.1) is 0 Å². The van der Waals surface area contributed by atoms with Gasteiger partial charge in [0.2, 0.25) is 0 Å². The van der Waals surface area contributed by atoms with Crippen molar-refractivity contribution in [3.05, 3.63) is 12.2 Å². The fourth-order valence-corrected chi connectivity index (χ4v) is 2.37. The van der Waals surface area contributed by atoms with Crippen LogP contribution < -0.4 is 5.32 Å². The van der Waals surface area contributed by atoms with E-state index in [2.05, 4.69) is 33.9 Å². The van der Waals surface area contributed by atoms with Crippen LogP contribution in [0.25, 0.3) is 0 Å². The summed E-state index contributed by atoms with van der Waals surface area (Å²) in [6, 6.07) is 1.13. The molecule has 90 valence electrons. The molecule has 0 bridgehead atoms. The molecule has 0 aliphatic heterocycles. The Labute approximate surface area is 97.5 Å².